The lowest BCUT2D eigenvalue weighted by Gasteiger charge is -2.13. The molecule has 0 saturated carbocycles. The standard InChI is InChI=1S/C14H15ClFN3/c1-3-4-10-13(18-8-19-14(10)17-2)11-7-9(16)5-6-12(11)15/h5-8H,3-4H2,1-2H3,(H,17,18,19). The van der Waals surface area contributed by atoms with Gasteiger partial charge in [0, 0.05) is 18.2 Å². The molecule has 0 spiro atoms. The van der Waals surface area contributed by atoms with Crippen LogP contribution >= 0.6 is 11.6 Å². The molecule has 0 saturated heterocycles. The third-order valence-corrected chi connectivity index (χ3v) is 3.20. The number of benzene rings is 1. The zero-order chi connectivity index (χ0) is 13.8. The fourth-order valence-electron chi connectivity index (χ4n) is 2.03. The molecule has 0 unspecified atom stereocenters. The molecule has 5 heteroatoms. The number of anilines is 1. The minimum absolute atomic E-state index is 0.327. The maximum atomic E-state index is 13.4. The van der Waals surface area contributed by atoms with Gasteiger partial charge in [-0.1, -0.05) is 24.9 Å². The van der Waals surface area contributed by atoms with Crippen LogP contribution < -0.4 is 5.32 Å². The Morgan fingerprint density at radius 2 is 2.11 bits per heavy atom. The van der Waals surface area contributed by atoms with E-state index < -0.39 is 0 Å². The van der Waals surface area contributed by atoms with Crippen molar-refractivity contribution in [3.05, 3.63) is 40.9 Å². The van der Waals surface area contributed by atoms with Gasteiger partial charge in [0.1, 0.15) is 18.0 Å². The number of halogens is 2. The van der Waals surface area contributed by atoms with E-state index in [1.54, 1.807) is 13.1 Å². The molecule has 0 aliphatic rings. The first-order valence-corrected chi connectivity index (χ1v) is 6.52. The van der Waals surface area contributed by atoms with Gasteiger partial charge in [0.05, 0.1) is 10.7 Å². The molecule has 0 amide bonds. The first-order chi connectivity index (χ1) is 9.17. The van der Waals surface area contributed by atoms with Crippen molar-refractivity contribution < 1.29 is 4.39 Å². The summed E-state index contributed by atoms with van der Waals surface area (Å²) in [6.45, 7) is 2.07. The molecule has 2 rings (SSSR count). The summed E-state index contributed by atoms with van der Waals surface area (Å²) in [5, 5.41) is 3.52. The third kappa shape index (κ3) is 2.84. The average Bonchev–Trinajstić information content (AvgIpc) is 2.42. The van der Waals surface area contributed by atoms with Gasteiger partial charge >= 0.3 is 0 Å². The van der Waals surface area contributed by atoms with Gasteiger partial charge in [-0.05, 0) is 24.6 Å². The van der Waals surface area contributed by atoms with Crippen LogP contribution in [0.1, 0.15) is 18.9 Å². The Kier molecular flexibility index (Phi) is 4.32. The predicted octanol–water partition coefficient (Wildman–Crippen LogP) is 3.93. The molecule has 0 atom stereocenters. The Morgan fingerprint density at radius 1 is 1.32 bits per heavy atom. The monoisotopic (exact) mass is 279 g/mol. The van der Waals surface area contributed by atoms with Gasteiger partial charge in [0.2, 0.25) is 0 Å². The first-order valence-electron chi connectivity index (χ1n) is 6.14. The summed E-state index contributed by atoms with van der Waals surface area (Å²) in [5.74, 6) is 0.429. The second-order valence-corrected chi connectivity index (χ2v) is 4.58. The highest BCUT2D eigenvalue weighted by Gasteiger charge is 2.14. The number of rotatable bonds is 4. The maximum absolute atomic E-state index is 13.4. The highest BCUT2D eigenvalue weighted by atomic mass is 35.5. The van der Waals surface area contributed by atoms with E-state index in [4.69, 9.17) is 11.6 Å². The average molecular weight is 280 g/mol. The molecule has 100 valence electrons. The van der Waals surface area contributed by atoms with Crippen LogP contribution in [-0.4, -0.2) is 17.0 Å². The van der Waals surface area contributed by atoms with Crippen molar-refractivity contribution in [1.82, 2.24) is 9.97 Å². The van der Waals surface area contributed by atoms with E-state index in [0.717, 1.165) is 24.2 Å². The Labute approximate surface area is 116 Å². The number of hydrogen-bond donors (Lipinski definition) is 1. The first kappa shape index (κ1) is 13.7. The third-order valence-electron chi connectivity index (χ3n) is 2.87. The largest absolute Gasteiger partial charge is 0.373 e. The minimum Gasteiger partial charge on any atom is -0.373 e. The second kappa shape index (κ2) is 5.97. The van der Waals surface area contributed by atoms with Crippen molar-refractivity contribution >= 4 is 17.4 Å². The van der Waals surface area contributed by atoms with Crippen LogP contribution in [0.5, 0.6) is 0 Å². The number of nitrogens with zero attached hydrogens (tertiary/aromatic N) is 2. The summed E-state index contributed by atoms with van der Waals surface area (Å²) in [6.07, 6.45) is 3.21. The molecule has 1 aromatic heterocycles. The van der Waals surface area contributed by atoms with Crippen molar-refractivity contribution in [1.29, 1.82) is 0 Å². The van der Waals surface area contributed by atoms with Gasteiger partial charge in [0.15, 0.2) is 0 Å². The van der Waals surface area contributed by atoms with Gasteiger partial charge in [-0.25, -0.2) is 14.4 Å². The molecular weight excluding hydrogens is 265 g/mol. The molecule has 1 N–H and O–H groups in total. The van der Waals surface area contributed by atoms with Gasteiger partial charge < -0.3 is 5.32 Å². The Hall–Kier alpha value is -1.68. The predicted molar refractivity (Wildman–Crippen MR) is 76.0 cm³/mol. The summed E-state index contributed by atoms with van der Waals surface area (Å²) < 4.78 is 13.4. The van der Waals surface area contributed by atoms with E-state index in [0.29, 0.717) is 16.3 Å². The van der Waals surface area contributed by atoms with Crippen LogP contribution in [0, 0.1) is 5.82 Å². The van der Waals surface area contributed by atoms with Crippen LogP contribution in [0.4, 0.5) is 10.2 Å². The van der Waals surface area contributed by atoms with E-state index in [-0.39, 0.29) is 5.82 Å². The van der Waals surface area contributed by atoms with Crippen molar-refractivity contribution in [3.63, 3.8) is 0 Å². The zero-order valence-electron chi connectivity index (χ0n) is 10.9. The molecule has 0 fully saturated rings. The van der Waals surface area contributed by atoms with E-state index in [9.17, 15) is 4.39 Å². The molecule has 0 bridgehead atoms. The van der Waals surface area contributed by atoms with Crippen molar-refractivity contribution in [2.75, 3.05) is 12.4 Å². The quantitative estimate of drug-likeness (QED) is 0.921. The molecule has 0 aliphatic heterocycles. The fraction of sp³-hybridized carbons (Fsp3) is 0.286. The van der Waals surface area contributed by atoms with E-state index >= 15 is 0 Å². The normalized spacial score (nSPS) is 10.5. The van der Waals surface area contributed by atoms with Crippen LogP contribution in [0.2, 0.25) is 5.02 Å². The molecule has 0 aliphatic carbocycles. The Balaban J connectivity index is 2.63. The molecule has 2 aromatic rings. The van der Waals surface area contributed by atoms with E-state index in [1.807, 2.05) is 0 Å². The zero-order valence-corrected chi connectivity index (χ0v) is 11.6. The topological polar surface area (TPSA) is 37.8 Å². The molecule has 0 radical (unpaired) electrons. The smallest absolute Gasteiger partial charge is 0.132 e. The van der Waals surface area contributed by atoms with Gasteiger partial charge in [-0.3, -0.25) is 0 Å². The Bertz CT molecular complexity index is 587. The van der Waals surface area contributed by atoms with Gasteiger partial charge in [0.25, 0.3) is 0 Å². The van der Waals surface area contributed by atoms with Crippen molar-refractivity contribution in [3.8, 4) is 11.3 Å². The summed E-state index contributed by atoms with van der Waals surface area (Å²) in [6, 6.07) is 4.29. The molecule has 1 heterocycles. The minimum atomic E-state index is -0.327. The molecule has 19 heavy (non-hydrogen) atoms. The lowest BCUT2D eigenvalue weighted by molar-refractivity contribution is 0.628. The molecule has 3 nitrogen and oxygen atoms in total. The number of aromatic nitrogens is 2. The van der Waals surface area contributed by atoms with E-state index in [2.05, 4.69) is 22.2 Å². The molecule has 1 aromatic carbocycles. The fourth-order valence-corrected chi connectivity index (χ4v) is 2.23. The SMILES string of the molecule is CCCc1c(NC)ncnc1-c1cc(F)ccc1Cl. The number of nitrogens with one attached hydrogen (secondary N) is 1. The van der Waals surface area contributed by atoms with Crippen LogP contribution in [0.25, 0.3) is 11.3 Å². The highest BCUT2D eigenvalue weighted by Crippen LogP contribution is 2.32. The van der Waals surface area contributed by atoms with Gasteiger partial charge in [-0.15, -0.1) is 0 Å². The number of hydrogen-bond acceptors (Lipinski definition) is 3. The van der Waals surface area contributed by atoms with E-state index in [1.165, 1.54) is 18.5 Å². The second-order valence-electron chi connectivity index (χ2n) is 4.17. The van der Waals surface area contributed by atoms with Crippen molar-refractivity contribution in [2.45, 2.75) is 19.8 Å². The van der Waals surface area contributed by atoms with Crippen LogP contribution in [0.3, 0.4) is 0 Å². The summed E-state index contributed by atoms with van der Waals surface area (Å²) >= 11 is 6.15. The summed E-state index contributed by atoms with van der Waals surface area (Å²) in [7, 11) is 1.80. The lowest BCUT2D eigenvalue weighted by Crippen LogP contribution is -2.03. The van der Waals surface area contributed by atoms with Crippen molar-refractivity contribution in [2.24, 2.45) is 0 Å². The molecular formula is C14H15ClFN3. The van der Waals surface area contributed by atoms with Crippen LogP contribution in [-0.2, 0) is 6.42 Å². The Morgan fingerprint density at radius 3 is 2.79 bits per heavy atom. The highest BCUT2D eigenvalue weighted by molar-refractivity contribution is 6.33. The van der Waals surface area contributed by atoms with Gasteiger partial charge in [-0.2, -0.15) is 0 Å². The summed E-state index contributed by atoms with van der Waals surface area (Å²) in [5.41, 5.74) is 2.25. The maximum Gasteiger partial charge on any atom is 0.132 e. The lowest BCUT2D eigenvalue weighted by atomic mass is 10.0. The summed E-state index contributed by atoms with van der Waals surface area (Å²) in [4.78, 5) is 8.47. The van der Waals surface area contributed by atoms with Crippen LogP contribution in [0.15, 0.2) is 24.5 Å².